The van der Waals surface area contributed by atoms with Crippen LogP contribution in [0.25, 0.3) is 0 Å². The van der Waals surface area contributed by atoms with E-state index in [1.807, 2.05) is 6.92 Å². The van der Waals surface area contributed by atoms with Crippen molar-refractivity contribution in [1.29, 1.82) is 0 Å². The average molecular weight is 230 g/mol. The minimum absolute atomic E-state index is 0.348. The Bertz CT molecular complexity index is 264. The quantitative estimate of drug-likeness (QED) is 0.462. The molecule has 0 radical (unpaired) electrons. The topological polar surface area (TPSA) is 133 Å². The van der Waals surface area contributed by atoms with Gasteiger partial charge in [-0.25, -0.2) is 0 Å². The van der Waals surface area contributed by atoms with Crippen LogP contribution in [0.2, 0.25) is 0 Å². The van der Waals surface area contributed by atoms with Crippen molar-refractivity contribution in [2.45, 2.75) is 25.8 Å². The van der Waals surface area contributed by atoms with Crippen LogP contribution in [0, 0.1) is 0 Å². The second-order valence-electron chi connectivity index (χ2n) is 3.52. The summed E-state index contributed by atoms with van der Waals surface area (Å²) in [6, 6.07) is -0.733. The van der Waals surface area contributed by atoms with Crippen LogP contribution in [-0.2, 0) is 14.4 Å². The lowest BCUT2D eigenvalue weighted by molar-refractivity contribution is -0.139. The summed E-state index contributed by atoms with van der Waals surface area (Å²) in [4.78, 5) is 34.1. The van der Waals surface area contributed by atoms with E-state index >= 15 is 0 Å². The molecule has 7 nitrogen and oxygen atoms in total. The normalized spacial score (nSPS) is 11.9. The van der Waals surface area contributed by atoms with Crippen molar-refractivity contribution in [2.24, 2.45) is 17.2 Å². The molecule has 0 aromatic heterocycles. The van der Waals surface area contributed by atoms with Crippen LogP contribution in [0.3, 0.4) is 0 Å². The predicted molar refractivity (Wildman–Crippen MR) is 57.9 cm³/mol. The van der Waals surface area contributed by atoms with Gasteiger partial charge in [0.1, 0.15) is 0 Å². The lowest BCUT2D eigenvalue weighted by atomic mass is 10.1. The van der Waals surface area contributed by atoms with E-state index in [-0.39, 0.29) is 13.1 Å². The van der Waals surface area contributed by atoms with E-state index in [2.05, 4.69) is 0 Å². The first-order valence-electron chi connectivity index (χ1n) is 4.99. The van der Waals surface area contributed by atoms with Gasteiger partial charge in [-0.05, 0) is 6.42 Å². The minimum Gasteiger partial charge on any atom is -0.368 e. The van der Waals surface area contributed by atoms with Crippen molar-refractivity contribution in [3.05, 3.63) is 0 Å². The fraction of sp³-hybridized carbons (Fsp3) is 0.667. The molecule has 0 aliphatic carbocycles. The summed E-state index contributed by atoms with van der Waals surface area (Å²) in [5, 5.41) is 0. The van der Waals surface area contributed by atoms with Gasteiger partial charge in [-0.1, -0.05) is 13.3 Å². The maximum absolute atomic E-state index is 11.7. The molecule has 1 atom stereocenters. The summed E-state index contributed by atoms with van der Waals surface area (Å²) in [6.07, 6.45) is 1.21. The highest BCUT2D eigenvalue weighted by molar-refractivity contribution is 5.90. The molecule has 3 amide bonds. The van der Waals surface area contributed by atoms with Crippen LogP contribution >= 0.6 is 0 Å². The highest BCUT2D eigenvalue weighted by atomic mass is 16.2. The Hall–Kier alpha value is -1.63. The predicted octanol–water partition coefficient (Wildman–Crippen LogP) is -2.09. The average Bonchev–Trinajstić information content (AvgIpc) is 2.14. The minimum atomic E-state index is -0.733. The molecule has 0 rings (SSSR count). The van der Waals surface area contributed by atoms with Crippen molar-refractivity contribution >= 4 is 17.7 Å². The molecule has 0 heterocycles. The number of primary amides is 2. The van der Waals surface area contributed by atoms with E-state index in [0.29, 0.717) is 6.42 Å². The lowest BCUT2D eigenvalue weighted by Gasteiger charge is -2.22. The molecule has 0 fully saturated rings. The summed E-state index contributed by atoms with van der Waals surface area (Å²) in [7, 11) is 0. The number of hydrogen-bond acceptors (Lipinski definition) is 4. The zero-order chi connectivity index (χ0) is 12.7. The third-order valence-corrected chi connectivity index (χ3v) is 1.92. The maximum atomic E-state index is 11.7. The molecular weight excluding hydrogens is 212 g/mol. The number of carbonyl (C=O) groups is 3. The molecule has 0 aromatic rings. The molecule has 0 bridgehead atoms. The second-order valence-corrected chi connectivity index (χ2v) is 3.52. The van der Waals surface area contributed by atoms with Crippen LogP contribution in [0.1, 0.15) is 19.8 Å². The second kappa shape index (κ2) is 6.78. The fourth-order valence-electron chi connectivity index (χ4n) is 1.26. The van der Waals surface area contributed by atoms with E-state index < -0.39 is 23.8 Å². The first-order chi connectivity index (χ1) is 7.38. The van der Waals surface area contributed by atoms with Crippen molar-refractivity contribution < 1.29 is 14.4 Å². The van der Waals surface area contributed by atoms with E-state index in [9.17, 15) is 14.4 Å². The summed E-state index contributed by atoms with van der Waals surface area (Å²) in [5.74, 6) is -1.91. The van der Waals surface area contributed by atoms with Crippen molar-refractivity contribution in [3.8, 4) is 0 Å². The van der Waals surface area contributed by atoms with Crippen molar-refractivity contribution in [2.75, 3.05) is 13.1 Å². The van der Waals surface area contributed by atoms with E-state index in [1.54, 1.807) is 0 Å². The first kappa shape index (κ1) is 14.4. The number of hydrogen-bond donors (Lipinski definition) is 3. The zero-order valence-electron chi connectivity index (χ0n) is 9.31. The Kier molecular flexibility index (Phi) is 6.09. The van der Waals surface area contributed by atoms with Crippen LogP contribution in [0.15, 0.2) is 0 Å². The molecule has 0 aliphatic rings. The third-order valence-electron chi connectivity index (χ3n) is 1.92. The molecule has 0 unspecified atom stereocenters. The summed E-state index contributed by atoms with van der Waals surface area (Å²) >= 11 is 0. The van der Waals surface area contributed by atoms with E-state index in [4.69, 9.17) is 17.2 Å². The molecule has 0 aliphatic heterocycles. The van der Waals surface area contributed by atoms with Crippen LogP contribution < -0.4 is 17.2 Å². The molecular formula is C9H18N4O3. The molecule has 16 heavy (non-hydrogen) atoms. The SMILES string of the molecule is CCC[C@H](N)C(=O)N(CC(N)=O)CC(N)=O. The maximum Gasteiger partial charge on any atom is 0.240 e. The van der Waals surface area contributed by atoms with Gasteiger partial charge in [-0.3, -0.25) is 14.4 Å². The number of nitrogens with two attached hydrogens (primary N) is 3. The van der Waals surface area contributed by atoms with Crippen LogP contribution in [0.5, 0.6) is 0 Å². The van der Waals surface area contributed by atoms with Crippen molar-refractivity contribution in [1.82, 2.24) is 4.90 Å². The van der Waals surface area contributed by atoms with Gasteiger partial charge < -0.3 is 22.1 Å². The number of amides is 3. The van der Waals surface area contributed by atoms with E-state index in [0.717, 1.165) is 11.3 Å². The molecule has 0 saturated heterocycles. The summed E-state index contributed by atoms with van der Waals surface area (Å²) in [5.41, 5.74) is 15.5. The van der Waals surface area contributed by atoms with Gasteiger partial charge in [0.25, 0.3) is 0 Å². The molecule has 7 heteroatoms. The van der Waals surface area contributed by atoms with Crippen LogP contribution in [-0.4, -0.2) is 41.8 Å². The molecule has 0 saturated carbocycles. The van der Waals surface area contributed by atoms with Gasteiger partial charge in [-0.2, -0.15) is 0 Å². The monoisotopic (exact) mass is 230 g/mol. The van der Waals surface area contributed by atoms with Gasteiger partial charge in [0.05, 0.1) is 19.1 Å². The highest BCUT2D eigenvalue weighted by Gasteiger charge is 2.22. The number of nitrogens with zero attached hydrogens (tertiary/aromatic N) is 1. The van der Waals surface area contributed by atoms with Gasteiger partial charge in [0.15, 0.2) is 0 Å². The zero-order valence-corrected chi connectivity index (χ0v) is 9.31. The Morgan fingerprint density at radius 2 is 1.56 bits per heavy atom. The van der Waals surface area contributed by atoms with Crippen molar-refractivity contribution in [3.63, 3.8) is 0 Å². The van der Waals surface area contributed by atoms with Gasteiger partial charge in [0.2, 0.25) is 17.7 Å². The fourth-order valence-corrected chi connectivity index (χ4v) is 1.26. The molecule has 0 spiro atoms. The van der Waals surface area contributed by atoms with Gasteiger partial charge in [0, 0.05) is 0 Å². The van der Waals surface area contributed by atoms with Crippen LogP contribution in [0.4, 0.5) is 0 Å². The summed E-state index contributed by atoms with van der Waals surface area (Å²) < 4.78 is 0. The largest absolute Gasteiger partial charge is 0.368 e. The standard InChI is InChI=1S/C9H18N4O3/c1-2-3-6(10)9(16)13(4-7(11)14)5-8(12)15/h6H,2-5,10H2,1H3,(H2,11,14)(H2,12,15)/t6-/m0/s1. The van der Waals surface area contributed by atoms with Gasteiger partial charge in [-0.15, -0.1) is 0 Å². The smallest absolute Gasteiger partial charge is 0.240 e. The Morgan fingerprint density at radius 1 is 1.12 bits per heavy atom. The first-order valence-corrected chi connectivity index (χ1v) is 4.99. The molecule has 92 valence electrons. The lowest BCUT2D eigenvalue weighted by Crippen LogP contribution is -2.49. The van der Waals surface area contributed by atoms with E-state index in [1.165, 1.54) is 0 Å². The third kappa shape index (κ3) is 5.30. The Labute approximate surface area is 93.9 Å². The summed E-state index contributed by atoms with van der Waals surface area (Å²) in [6.45, 7) is 1.18. The Morgan fingerprint density at radius 3 is 1.88 bits per heavy atom. The number of carbonyl (C=O) groups excluding carboxylic acids is 3. The molecule has 0 aromatic carbocycles. The molecule has 6 N–H and O–H groups in total. The van der Waals surface area contributed by atoms with Gasteiger partial charge >= 0.3 is 0 Å². The highest BCUT2D eigenvalue weighted by Crippen LogP contribution is 1.99. The number of rotatable bonds is 7. The Balaban J connectivity index is 4.54.